The quantitative estimate of drug-likeness (QED) is 0.518. The summed E-state index contributed by atoms with van der Waals surface area (Å²) >= 11 is 0. The average molecular weight is 121 g/mol. The van der Waals surface area contributed by atoms with Crippen LogP contribution in [0.5, 0.6) is 0 Å². The molecule has 1 N–H and O–H groups in total. The number of rotatable bonds is 1. The van der Waals surface area contributed by atoms with Gasteiger partial charge in [-0.25, -0.2) is 0 Å². The molecule has 0 unspecified atom stereocenters. The predicted molar refractivity (Wildman–Crippen MR) is 35.6 cm³/mol. The molecule has 0 amide bonds. The Labute approximate surface area is 53.6 Å². The lowest BCUT2D eigenvalue weighted by molar-refractivity contribution is -0.104. The van der Waals surface area contributed by atoms with Gasteiger partial charge >= 0.3 is 0 Å². The molecule has 0 fully saturated rings. The molecule has 46 valence electrons. The molecule has 0 atom stereocenters. The minimum Gasteiger partial charge on any atom is -0.368 e. The van der Waals surface area contributed by atoms with E-state index in [4.69, 9.17) is 0 Å². The van der Waals surface area contributed by atoms with E-state index < -0.39 is 0 Å². The molecule has 2 nitrogen and oxygen atoms in total. The molecule has 0 aliphatic carbocycles. The van der Waals surface area contributed by atoms with Gasteiger partial charge in [0.25, 0.3) is 0 Å². The highest BCUT2D eigenvalue weighted by Gasteiger charge is 1.86. The largest absolute Gasteiger partial charge is 0.368 e. The van der Waals surface area contributed by atoms with Crippen LogP contribution in [-0.2, 0) is 4.79 Å². The van der Waals surface area contributed by atoms with E-state index in [0.29, 0.717) is 5.57 Å². The first kappa shape index (κ1) is 5.82. The summed E-state index contributed by atoms with van der Waals surface area (Å²) in [6.07, 6.45) is 9.52. The Kier molecular flexibility index (Phi) is 1.85. The molecule has 1 heterocycles. The molecule has 1 aliphatic heterocycles. The molecule has 0 aromatic rings. The van der Waals surface area contributed by atoms with Crippen molar-refractivity contribution in [2.24, 2.45) is 0 Å². The fourth-order valence-electron chi connectivity index (χ4n) is 0.549. The van der Waals surface area contributed by atoms with Crippen LogP contribution >= 0.6 is 0 Å². The van der Waals surface area contributed by atoms with Crippen molar-refractivity contribution in [1.29, 1.82) is 0 Å². The molecule has 0 spiro atoms. The monoisotopic (exact) mass is 121 g/mol. The molecule has 0 aromatic heterocycles. The van der Waals surface area contributed by atoms with Gasteiger partial charge in [0.2, 0.25) is 0 Å². The number of allylic oxidation sites excluding steroid dienone is 4. The van der Waals surface area contributed by atoms with Crippen molar-refractivity contribution >= 4 is 6.29 Å². The van der Waals surface area contributed by atoms with Crippen LogP contribution in [0.2, 0.25) is 0 Å². The predicted octanol–water partition coefficient (Wildman–Crippen LogP) is 0.742. The third-order valence-corrected chi connectivity index (χ3v) is 0.989. The molecule has 0 radical (unpaired) electrons. The highest BCUT2D eigenvalue weighted by Crippen LogP contribution is 1.94. The second kappa shape index (κ2) is 2.87. The molecule has 9 heavy (non-hydrogen) atoms. The molecule has 1 aliphatic rings. The molecular weight excluding hydrogens is 114 g/mol. The maximum absolute atomic E-state index is 10.1. The van der Waals surface area contributed by atoms with Gasteiger partial charge in [0.15, 0.2) is 0 Å². The zero-order chi connectivity index (χ0) is 6.53. The Balaban J connectivity index is 2.78. The van der Waals surface area contributed by atoms with E-state index in [1.165, 1.54) is 0 Å². The van der Waals surface area contributed by atoms with Gasteiger partial charge in [-0.2, -0.15) is 0 Å². The Hall–Kier alpha value is -1.31. The third kappa shape index (κ3) is 1.57. The van der Waals surface area contributed by atoms with E-state index in [9.17, 15) is 4.79 Å². The number of hydrogen-bond donors (Lipinski definition) is 1. The summed E-state index contributed by atoms with van der Waals surface area (Å²) in [6.45, 7) is 0. The van der Waals surface area contributed by atoms with Gasteiger partial charge in [0, 0.05) is 18.0 Å². The highest BCUT2D eigenvalue weighted by molar-refractivity contribution is 5.78. The van der Waals surface area contributed by atoms with Crippen molar-refractivity contribution in [3.05, 3.63) is 36.2 Å². The van der Waals surface area contributed by atoms with Gasteiger partial charge < -0.3 is 5.32 Å². The maximum atomic E-state index is 10.1. The zero-order valence-electron chi connectivity index (χ0n) is 4.87. The summed E-state index contributed by atoms with van der Waals surface area (Å²) in [5.41, 5.74) is 0.677. The minimum atomic E-state index is 0.677. The first-order valence-corrected chi connectivity index (χ1v) is 2.68. The fraction of sp³-hybridized carbons (Fsp3) is 0. The first-order valence-electron chi connectivity index (χ1n) is 2.68. The van der Waals surface area contributed by atoms with E-state index in [2.05, 4.69) is 5.32 Å². The lowest BCUT2D eigenvalue weighted by atomic mass is 10.3. The van der Waals surface area contributed by atoms with Crippen LogP contribution in [0.3, 0.4) is 0 Å². The SMILES string of the molecule is O=CC1=CC=CNC=C1. The van der Waals surface area contributed by atoms with Gasteiger partial charge in [-0.3, -0.25) is 4.79 Å². The molecule has 2 heteroatoms. The maximum Gasteiger partial charge on any atom is 0.150 e. The van der Waals surface area contributed by atoms with Crippen LogP contribution in [0.15, 0.2) is 36.2 Å². The van der Waals surface area contributed by atoms with Gasteiger partial charge in [0.1, 0.15) is 6.29 Å². The Morgan fingerprint density at radius 1 is 1.44 bits per heavy atom. The summed E-state index contributed by atoms with van der Waals surface area (Å²) < 4.78 is 0. The lowest BCUT2D eigenvalue weighted by Crippen LogP contribution is -1.88. The number of carbonyl (C=O) groups is 1. The summed E-state index contributed by atoms with van der Waals surface area (Å²) in [5.74, 6) is 0. The van der Waals surface area contributed by atoms with Crippen LogP contribution in [0.1, 0.15) is 0 Å². The first-order chi connectivity index (χ1) is 4.43. The van der Waals surface area contributed by atoms with E-state index in [-0.39, 0.29) is 0 Å². The van der Waals surface area contributed by atoms with Crippen molar-refractivity contribution in [3.8, 4) is 0 Å². The summed E-state index contributed by atoms with van der Waals surface area (Å²) in [5, 5.41) is 2.84. The molecule has 1 rings (SSSR count). The number of nitrogens with one attached hydrogen (secondary N) is 1. The van der Waals surface area contributed by atoms with Crippen LogP contribution in [-0.4, -0.2) is 6.29 Å². The average Bonchev–Trinajstić information content (AvgIpc) is 2.13. The molecule has 0 saturated heterocycles. The molecule has 0 bridgehead atoms. The van der Waals surface area contributed by atoms with E-state index in [0.717, 1.165) is 6.29 Å². The standard InChI is InChI=1S/C7H7NO/c9-6-7-2-1-4-8-5-3-7/h1-6,8H. The zero-order valence-corrected chi connectivity index (χ0v) is 4.87. The molecule has 0 aromatic carbocycles. The van der Waals surface area contributed by atoms with Crippen LogP contribution in [0.4, 0.5) is 0 Å². The van der Waals surface area contributed by atoms with Crippen LogP contribution < -0.4 is 5.32 Å². The Morgan fingerprint density at radius 3 is 3.11 bits per heavy atom. The van der Waals surface area contributed by atoms with Crippen molar-refractivity contribution in [2.75, 3.05) is 0 Å². The third-order valence-electron chi connectivity index (χ3n) is 0.989. The van der Waals surface area contributed by atoms with Crippen LogP contribution in [0.25, 0.3) is 0 Å². The van der Waals surface area contributed by atoms with Gasteiger partial charge in [-0.05, 0) is 12.2 Å². The van der Waals surface area contributed by atoms with E-state index >= 15 is 0 Å². The normalized spacial score (nSPS) is 15.8. The van der Waals surface area contributed by atoms with Crippen LogP contribution in [0, 0.1) is 0 Å². The summed E-state index contributed by atoms with van der Waals surface area (Å²) in [6, 6.07) is 0. The van der Waals surface area contributed by atoms with Crippen molar-refractivity contribution in [1.82, 2.24) is 5.32 Å². The molecule has 0 saturated carbocycles. The number of hydrogen-bond acceptors (Lipinski definition) is 2. The van der Waals surface area contributed by atoms with Gasteiger partial charge in [0.05, 0.1) is 0 Å². The van der Waals surface area contributed by atoms with Crippen molar-refractivity contribution in [2.45, 2.75) is 0 Å². The summed E-state index contributed by atoms with van der Waals surface area (Å²) in [4.78, 5) is 10.1. The Bertz CT molecular complexity index is 189. The fourth-order valence-corrected chi connectivity index (χ4v) is 0.549. The number of aldehydes is 1. The second-order valence-electron chi connectivity index (χ2n) is 1.64. The van der Waals surface area contributed by atoms with Gasteiger partial charge in [-0.15, -0.1) is 0 Å². The highest BCUT2D eigenvalue weighted by atomic mass is 16.1. The van der Waals surface area contributed by atoms with Gasteiger partial charge in [-0.1, -0.05) is 6.08 Å². The van der Waals surface area contributed by atoms with E-state index in [1.54, 1.807) is 30.6 Å². The summed E-state index contributed by atoms with van der Waals surface area (Å²) in [7, 11) is 0. The minimum absolute atomic E-state index is 0.677. The lowest BCUT2D eigenvalue weighted by Gasteiger charge is -1.81. The Morgan fingerprint density at radius 2 is 2.33 bits per heavy atom. The molecular formula is C7H7NO. The van der Waals surface area contributed by atoms with Crippen molar-refractivity contribution < 1.29 is 4.79 Å². The second-order valence-corrected chi connectivity index (χ2v) is 1.64. The number of carbonyl (C=O) groups excluding carboxylic acids is 1. The van der Waals surface area contributed by atoms with Crippen molar-refractivity contribution in [3.63, 3.8) is 0 Å². The smallest absolute Gasteiger partial charge is 0.150 e. The topological polar surface area (TPSA) is 29.1 Å². The van der Waals surface area contributed by atoms with E-state index in [1.807, 2.05) is 0 Å².